The Bertz CT molecular complexity index is 1180. The molecule has 0 fully saturated rings. The summed E-state index contributed by atoms with van der Waals surface area (Å²) < 4.78 is 6.22. The van der Waals surface area contributed by atoms with Crippen molar-refractivity contribution in [2.75, 3.05) is 13.1 Å². The van der Waals surface area contributed by atoms with E-state index in [1.54, 1.807) is 12.1 Å². The number of benzene rings is 3. The van der Waals surface area contributed by atoms with Crippen molar-refractivity contribution in [1.29, 1.82) is 0 Å². The molecule has 0 unspecified atom stereocenters. The van der Waals surface area contributed by atoms with Gasteiger partial charge >= 0.3 is 11.9 Å². The van der Waals surface area contributed by atoms with Crippen molar-refractivity contribution in [1.82, 2.24) is 4.90 Å². The molecule has 0 saturated heterocycles. The van der Waals surface area contributed by atoms with Gasteiger partial charge in [-0.25, -0.2) is 4.79 Å². The maximum atomic E-state index is 11.2. The number of rotatable bonds is 14. The number of hydrogen-bond donors (Lipinski definition) is 2. The minimum atomic E-state index is -0.941. The molecular formula is C32H39NO5. The van der Waals surface area contributed by atoms with Crippen LogP contribution in [0.15, 0.2) is 72.8 Å². The van der Waals surface area contributed by atoms with Gasteiger partial charge in [-0.15, -0.1) is 0 Å². The predicted molar refractivity (Wildman–Crippen MR) is 150 cm³/mol. The summed E-state index contributed by atoms with van der Waals surface area (Å²) in [6, 6.07) is 23.6. The Balaban J connectivity index is 1.63. The monoisotopic (exact) mass is 517 g/mol. The first-order chi connectivity index (χ1) is 18.1. The molecule has 0 aliphatic rings. The largest absolute Gasteiger partial charge is 0.489 e. The first-order valence-electron chi connectivity index (χ1n) is 13.2. The van der Waals surface area contributed by atoms with Crippen LogP contribution in [0.1, 0.15) is 72.6 Å². The summed E-state index contributed by atoms with van der Waals surface area (Å²) in [7, 11) is 0. The molecule has 0 aromatic heterocycles. The van der Waals surface area contributed by atoms with Gasteiger partial charge < -0.3 is 14.9 Å². The summed E-state index contributed by atoms with van der Waals surface area (Å²) in [5, 5.41) is 18.1. The maximum absolute atomic E-state index is 11.2. The fourth-order valence-electron chi connectivity index (χ4n) is 4.28. The van der Waals surface area contributed by atoms with Gasteiger partial charge in [0.25, 0.3) is 0 Å². The van der Waals surface area contributed by atoms with E-state index in [0.29, 0.717) is 19.6 Å². The second kappa shape index (κ2) is 13.8. The van der Waals surface area contributed by atoms with E-state index >= 15 is 0 Å². The molecule has 0 saturated carbocycles. The lowest BCUT2D eigenvalue weighted by molar-refractivity contribution is -0.137. The third-order valence-electron chi connectivity index (χ3n) is 6.61. The molecule has 2 N–H and O–H groups in total. The van der Waals surface area contributed by atoms with Crippen molar-refractivity contribution in [3.8, 4) is 5.75 Å². The highest BCUT2D eigenvalue weighted by atomic mass is 16.5. The van der Waals surface area contributed by atoms with Crippen LogP contribution in [0.25, 0.3) is 0 Å². The van der Waals surface area contributed by atoms with Crippen molar-refractivity contribution < 1.29 is 24.5 Å². The summed E-state index contributed by atoms with van der Waals surface area (Å²) in [5.74, 6) is -0.854. The summed E-state index contributed by atoms with van der Waals surface area (Å²) >= 11 is 0. The average Bonchev–Trinajstić information content (AvgIpc) is 2.88. The Kier molecular flexibility index (Phi) is 10.5. The Morgan fingerprint density at radius 2 is 1.47 bits per heavy atom. The van der Waals surface area contributed by atoms with Gasteiger partial charge in [0.2, 0.25) is 0 Å². The Morgan fingerprint density at radius 1 is 0.816 bits per heavy atom. The highest BCUT2D eigenvalue weighted by molar-refractivity contribution is 5.87. The summed E-state index contributed by atoms with van der Waals surface area (Å²) in [5.41, 5.74) is 4.94. The summed E-state index contributed by atoms with van der Waals surface area (Å²) in [4.78, 5) is 24.4. The van der Waals surface area contributed by atoms with Crippen LogP contribution in [-0.4, -0.2) is 40.1 Å². The van der Waals surface area contributed by atoms with Gasteiger partial charge in [-0.2, -0.15) is 0 Å². The molecule has 3 aromatic rings. The molecule has 0 bridgehead atoms. The number of ether oxygens (including phenoxy) is 1. The van der Waals surface area contributed by atoms with Crippen LogP contribution in [0.4, 0.5) is 0 Å². The molecule has 0 radical (unpaired) electrons. The van der Waals surface area contributed by atoms with Gasteiger partial charge in [0, 0.05) is 19.5 Å². The van der Waals surface area contributed by atoms with Gasteiger partial charge in [-0.05, 0) is 71.7 Å². The second-order valence-electron chi connectivity index (χ2n) is 10.7. The molecule has 6 nitrogen and oxygen atoms in total. The zero-order valence-electron chi connectivity index (χ0n) is 22.7. The number of aromatic carboxylic acids is 1. The van der Waals surface area contributed by atoms with Crippen LogP contribution < -0.4 is 4.74 Å². The number of nitrogens with zero attached hydrogens (tertiary/aromatic N) is 1. The standard InChI is InChI=1S/C32H39NO5/c1-32(2,3)28-17-13-25(14-18-28)23-38-29-9-5-4-8-26(29)19-21-33(20-7-6-10-30(34)35)22-24-11-15-27(16-12-24)31(36)37/h4-5,8-9,11-18H,6-7,10,19-23H2,1-3H3,(H,34,35)(H,36,37). The van der Waals surface area contributed by atoms with E-state index in [2.05, 4.69) is 56.0 Å². The van der Waals surface area contributed by atoms with Crippen LogP contribution in [0.3, 0.4) is 0 Å². The summed E-state index contributed by atoms with van der Waals surface area (Å²) in [6.45, 7) is 9.30. The van der Waals surface area contributed by atoms with E-state index in [-0.39, 0.29) is 17.4 Å². The molecule has 6 heteroatoms. The molecule has 0 aliphatic carbocycles. The molecule has 3 aromatic carbocycles. The molecule has 202 valence electrons. The molecule has 0 amide bonds. The van der Waals surface area contributed by atoms with Crippen LogP contribution in [0.5, 0.6) is 5.75 Å². The lowest BCUT2D eigenvalue weighted by Crippen LogP contribution is -2.27. The zero-order valence-corrected chi connectivity index (χ0v) is 22.7. The number of carboxylic acid groups (broad SMARTS) is 2. The number of aliphatic carboxylic acids is 1. The van der Waals surface area contributed by atoms with Crippen molar-refractivity contribution in [3.63, 3.8) is 0 Å². The topological polar surface area (TPSA) is 87.1 Å². The van der Waals surface area contributed by atoms with Crippen LogP contribution in [-0.2, 0) is 29.8 Å². The molecule has 0 spiro atoms. The third kappa shape index (κ3) is 9.34. The normalized spacial score (nSPS) is 11.5. The van der Waals surface area contributed by atoms with Gasteiger partial charge in [-0.3, -0.25) is 9.69 Å². The Hall–Kier alpha value is -3.64. The number of para-hydroxylation sites is 1. The van der Waals surface area contributed by atoms with Gasteiger partial charge in [0.05, 0.1) is 5.56 Å². The molecule has 0 aliphatic heterocycles. The number of carboxylic acids is 2. The van der Waals surface area contributed by atoms with Gasteiger partial charge in [0.15, 0.2) is 0 Å². The summed E-state index contributed by atoms with van der Waals surface area (Å²) in [6.07, 6.45) is 2.35. The molecule has 0 heterocycles. The minimum Gasteiger partial charge on any atom is -0.489 e. The fraction of sp³-hybridized carbons (Fsp3) is 0.375. The van der Waals surface area contributed by atoms with E-state index in [0.717, 1.165) is 48.4 Å². The molecule has 38 heavy (non-hydrogen) atoms. The first kappa shape index (κ1) is 28.9. The average molecular weight is 518 g/mol. The molecular weight excluding hydrogens is 478 g/mol. The van der Waals surface area contributed by atoms with Crippen LogP contribution >= 0.6 is 0 Å². The predicted octanol–water partition coefficient (Wildman–Crippen LogP) is 6.56. The van der Waals surface area contributed by atoms with E-state index in [1.807, 2.05) is 30.3 Å². The van der Waals surface area contributed by atoms with Crippen molar-refractivity contribution in [2.45, 2.75) is 65.0 Å². The highest BCUT2D eigenvalue weighted by Gasteiger charge is 2.14. The van der Waals surface area contributed by atoms with Crippen LogP contribution in [0.2, 0.25) is 0 Å². The number of hydrogen-bond acceptors (Lipinski definition) is 4. The van der Waals surface area contributed by atoms with Crippen molar-refractivity contribution in [2.24, 2.45) is 0 Å². The minimum absolute atomic E-state index is 0.115. The number of carbonyl (C=O) groups is 2. The Morgan fingerprint density at radius 3 is 2.11 bits per heavy atom. The SMILES string of the molecule is CC(C)(C)c1ccc(COc2ccccc2CCN(CCCCC(=O)O)Cc2ccc(C(=O)O)cc2)cc1. The Labute approximate surface area is 225 Å². The van der Waals surface area contributed by atoms with E-state index < -0.39 is 11.9 Å². The highest BCUT2D eigenvalue weighted by Crippen LogP contribution is 2.24. The second-order valence-corrected chi connectivity index (χ2v) is 10.7. The molecule has 0 atom stereocenters. The smallest absolute Gasteiger partial charge is 0.335 e. The zero-order chi connectivity index (χ0) is 27.5. The first-order valence-corrected chi connectivity index (χ1v) is 13.2. The lowest BCUT2D eigenvalue weighted by atomic mass is 9.87. The van der Waals surface area contributed by atoms with E-state index in [9.17, 15) is 14.7 Å². The van der Waals surface area contributed by atoms with Crippen molar-refractivity contribution >= 4 is 11.9 Å². The lowest BCUT2D eigenvalue weighted by Gasteiger charge is -2.23. The molecule has 3 rings (SSSR count). The number of unbranched alkanes of at least 4 members (excludes halogenated alkanes) is 1. The van der Waals surface area contributed by atoms with Gasteiger partial charge in [-0.1, -0.05) is 75.4 Å². The fourth-order valence-corrected chi connectivity index (χ4v) is 4.28. The quantitative estimate of drug-likeness (QED) is 0.236. The third-order valence-corrected chi connectivity index (χ3v) is 6.61. The van der Waals surface area contributed by atoms with Crippen LogP contribution in [0, 0.1) is 0 Å². The van der Waals surface area contributed by atoms with E-state index in [4.69, 9.17) is 9.84 Å². The van der Waals surface area contributed by atoms with Crippen molar-refractivity contribution in [3.05, 3.63) is 101 Å². The maximum Gasteiger partial charge on any atom is 0.335 e. The van der Waals surface area contributed by atoms with Gasteiger partial charge in [0.1, 0.15) is 12.4 Å². The van der Waals surface area contributed by atoms with E-state index in [1.165, 1.54) is 5.56 Å².